The molecule has 61 heavy (non-hydrogen) atoms. The Bertz CT molecular complexity index is 2120. The van der Waals surface area contributed by atoms with Gasteiger partial charge in [-0.15, -0.1) is 0 Å². The summed E-state index contributed by atoms with van der Waals surface area (Å²) < 4.78 is 25.4. The molecule has 0 unspecified atom stereocenters. The molecule has 4 aromatic heterocycles. The Morgan fingerprint density at radius 1 is 0.672 bits per heavy atom. The van der Waals surface area contributed by atoms with Crippen LogP contribution >= 0.6 is 11.6 Å². The van der Waals surface area contributed by atoms with Crippen LogP contribution in [-0.4, -0.2) is 128 Å². The van der Waals surface area contributed by atoms with Gasteiger partial charge in [0.2, 0.25) is 0 Å². The second-order valence-corrected chi connectivity index (χ2v) is 18.6. The van der Waals surface area contributed by atoms with Crippen molar-refractivity contribution in [2.24, 2.45) is 0 Å². The summed E-state index contributed by atoms with van der Waals surface area (Å²) in [5, 5.41) is 13.3. The third-order valence-electron chi connectivity index (χ3n) is 11.2. The Hall–Kier alpha value is -4.25. The topological polar surface area (TPSA) is 153 Å². The van der Waals surface area contributed by atoms with Crippen LogP contribution in [0.15, 0.2) is 12.1 Å². The van der Waals surface area contributed by atoms with Gasteiger partial charge in [-0.05, 0) is 108 Å². The number of nitrogens with one attached hydrogen (secondary N) is 1. The van der Waals surface area contributed by atoms with Crippen LogP contribution in [0.3, 0.4) is 0 Å². The van der Waals surface area contributed by atoms with Crippen molar-refractivity contribution >= 4 is 40.9 Å². The molecule has 4 saturated heterocycles. The summed E-state index contributed by atoms with van der Waals surface area (Å²) in [6.45, 7) is 27.6. The van der Waals surface area contributed by atoms with Gasteiger partial charge in [-0.25, -0.2) is 24.1 Å². The van der Waals surface area contributed by atoms with Gasteiger partial charge in [-0.2, -0.15) is 14.7 Å². The number of nitrogens with zero attached hydrogens (tertiary/aromatic N) is 9. The first-order valence-electron chi connectivity index (χ1n) is 21.9. The number of aryl methyl sites for hydroxylation is 2. The van der Waals surface area contributed by atoms with E-state index >= 15 is 0 Å². The predicted octanol–water partition coefficient (Wildman–Crippen LogP) is 7.71. The van der Waals surface area contributed by atoms with E-state index in [1.54, 1.807) is 9.42 Å². The quantitative estimate of drug-likeness (QED) is 0.201. The van der Waals surface area contributed by atoms with E-state index in [0.29, 0.717) is 37.1 Å². The van der Waals surface area contributed by atoms with Gasteiger partial charge in [0, 0.05) is 73.9 Å². The van der Waals surface area contributed by atoms with Crippen LogP contribution < -0.4 is 10.2 Å². The molecule has 0 radical (unpaired) electrons. The maximum atomic E-state index is 12.9. The van der Waals surface area contributed by atoms with Gasteiger partial charge in [-0.1, -0.05) is 11.6 Å². The van der Waals surface area contributed by atoms with Crippen LogP contribution in [-0.2, 0) is 18.9 Å². The highest BCUT2D eigenvalue weighted by atomic mass is 35.5. The summed E-state index contributed by atoms with van der Waals surface area (Å²) in [4.78, 5) is 40.8. The van der Waals surface area contributed by atoms with Gasteiger partial charge in [0.05, 0.1) is 49.9 Å². The molecule has 4 fully saturated rings. The molecule has 0 spiro atoms. The maximum absolute atomic E-state index is 12.9. The zero-order valence-electron chi connectivity index (χ0n) is 38.0. The summed E-state index contributed by atoms with van der Waals surface area (Å²) in [5.74, 6) is 1.08. The fraction of sp³-hybridized carbons (Fsp3) is 0.682. The first kappa shape index (κ1) is 46.3. The minimum absolute atomic E-state index is 0.0894. The highest BCUT2D eigenvalue weighted by Gasteiger charge is 2.35. The molecule has 1 N–H and O–H groups in total. The second kappa shape index (κ2) is 19.9. The number of halogens is 1. The molecule has 4 aliphatic rings. The second-order valence-electron chi connectivity index (χ2n) is 18.3. The van der Waals surface area contributed by atoms with Crippen molar-refractivity contribution in [3.05, 3.63) is 51.2 Å². The zero-order chi connectivity index (χ0) is 44.1. The number of carbonyl (C=O) groups excluding carboxylic acids is 2. The fourth-order valence-corrected chi connectivity index (χ4v) is 8.18. The van der Waals surface area contributed by atoms with Crippen molar-refractivity contribution in [3.8, 4) is 0 Å². The van der Waals surface area contributed by atoms with Gasteiger partial charge < -0.3 is 29.2 Å². The summed E-state index contributed by atoms with van der Waals surface area (Å²) >= 11 is 6.42. The summed E-state index contributed by atoms with van der Waals surface area (Å²) in [5.41, 5.74) is 6.12. The number of rotatable bonds is 3. The number of morpholine rings is 2. The standard InChI is InChI=1S/C22H33N5O3.C18H25ClN4O2.C4H9NO/c1-15-16(2)23-19-14-17(24-27(19)20(15)25-10-12-29-13-11-25)18-8-6-7-9-26(18)21(28)30-22(3,4)5;1-11-12(2)20-15-10-13(21-23(15)16(11)19)14-8-6-7-9-22(14)17(24)25-18(3,4)5;1-3-6-4-2-5-1/h14,18H,6-13H2,1-5H3;10,14H,6-9H2,1-5H3;5H,1-4H2/t18-;14-;/m00./s1. The molecule has 2 amide bonds. The monoisotopic (exact) mass is 866 g/mol. The predicted molar refractivity (Wildman–Crippen MR) is 236 cm³/mol. The number of ether oxygens (including phenoxy) is 4. The SMILES string of the molecule is C1COCCN1.Cc1nc2cc([C@@H]3CCCCN3C(=O)OC(C)(C)C)nn2c(Cl)c1C.Cc1nc2cc([C@@H]3CCCCN3C(=O)OC(C)(C)C)nn2c(N2CCOCC2)c1C. The third-order valence-corrected chi connectivity index (χ3v) is 11.6. The van der Waals surface area contributed by atoms with Gasteiger partial charge in [0.25, 0.3) is 0 Å². The van der Waals surface area contributed by atoms with Crippen LogP contribution in [0.2, 0.25) is 5.15 Å². The Kier molecular flexibility index (Phi) is 15.1. The summed E-state index contributed by atoms with van der Waals surface area (Å²) in [6.07, 6.45) is 5.26. The molecule has 8 rings (SSSR count). The highest BCUT2D eigenvalue weighted by molar-refractivity contribution is 6.30. The molecule has 0 aromatic carbocycles. The lowest BCUT2D eigenvalue weighted by Crippen LogP contribution is -2.42. The molecule has 2 atom stereocenters. The van der Waals surface area contributed by atoms with E-state index in [0.717, 1.165) is 123 Å². The fourth-order valence-electron chi connectivity index (χ4n) is 7.92. The van der Waals surface area contributed by atoms with E-state index in [1.165, 1.54) is 0 Å². The van der Waals surface area contributed by atoms with Gasteiger partial charge in [0.15, 0.2) is 11.3 Å². The van der Waals surface area contributed by atoms with Crippen molar-refractivity contribution in [3.63, 3.8) is 0 Å². The molecule has 0 aliphatic carbocycles. The van der Waals surface area contributed by atoms with Gasteiger partial charge in [-0.3, -0.25) is 9.80 Å². The number of carbonyl (C=O) groups is 2. The van der Waals surface area contributed by atoms with E-state index < -0.39 is 11.2 Å². The number of amides is 2. The average Bonchev–Trinajstić information content (AvgIpc) is 3.85. The van der Waals surface area contributed by atoms with Crippen LogP contribution in [0.25, 0.3) is 11.3 Å². The molecule has 16 nitrogen and oxygen atoms in total. The Morgan fingerprint density at radius 2 is 1.13 bits per heavy atom. The lowest BCUT2D eigenvalue weighted by atomic mass is 10.00. The number of hydrogen-bond acceptors (Lipinski definition) is 12. The van der Waals surface area contributed by atoms with Crippen LogP contribution in [0.5, 0.6) is 0 Å². The van der Waals surface area contributed by atoms with Crippen LogP contribution in [0.1, 0.15) is 126 Å². The molecule has 0 bridgehead atoms. The molecule has 0 saturated carbocycles. The number of anilines is 1. The van der Waals surface area contributed by atoms with Crippen LogP contribution in [0.4, 0.5) is 15.4 Å². The number of fused-ring (bicyclic) bond motifs is 2. The van der Waals surface area contributed by atoms with E-state index in [-0.39, 0.29) is 24.3 Å². The highest BCUT2D eigenvalue weighted by Crippen LogP contribution is 2.35. The Morgan fingerprint density at radius 3 is 1.59 bits per heavy atom. The zero-order valence-corrected chi connectivity index (χ0v) is 38.7. The lowest BCUT2D eigenvalue weighted by Gasteiger charge is -2.35. The van der Waals surface area contributed by atoms with Crippen LogP contribution in [0, 0.1) is 27.7 Å². The minimum atomic E-state index is -0.517. The molecule has 8 heterocycles. The third kappa shape index (κ3) is 11.6. The summed E-state index contributed by atoms with van der Waals surface area (Å²) in [7, 11) is 0. The Balaban J connectivity index is 0.000000181. The van der Waals surface area contributed by atoms with E-state index in [9.17, 15) is 9.59 Å². The number of aromatic nitrogens is 6. The van der Waals surface area contributed by atoms with Crippen molar-refractivity contribution < 1.29 is 28.5 Å². The van der Waals surface area contributed by atoms with Gasteiger partial charge in [0.1, 0.15) is 22.2 Å². The lowest BCUT2D eigenvalue weighted by molar-refractivity contribution is 0.00800. The molecule has 17 heteroatoms. The molecule has 4 aliphatic heterocycles. The van der Waals surface area contributed by atoms with E-state index in [1.807, 2.05) is 83.9 Å². The number of likely N-dealkylation sites (tertiary alicyclic amines) is 2. The normalized spacial score (nSPS) is 20.1. The largest absolute Gasteiger partial charge is 0.444 e. The summed E-state index contributed by atoms with van der Waals surface area (Å²) in [6, 6.07) is 3.76. The number of piperidine rings is 2. The first-order valence-corrected chi connectivity index (χ1v) is 22.3. The van der Waals surface area contributed by atoms with E-state index in [2.05, 4.69) is 27.2 Å². The van der Waals surface area contributed by atoms with Crippen molar-refractivity contribution in [1.82, 2.24) is 44.3 Å². The van der Waals surface area contributed by atoms with Gasteiger partial charge >= 0.3 is 12.2 Å². The first-order chi connectivity index (χ1) is 28.9. The van der Waals surface area contributed by atoms with Crippen molar-refractivity contribution in [2.45, 2.75) is 131 Å². The minimum Gasteiger partial charge on any atom is -0.444 e. The average molecular weight is 868 g/mol. The Labute approximate surface area is 365 Å². The molecular weight excluding hydrogens is 800 g/mol. The van der Waals surface area contributed by atoms with E-state index in [4.69, 9.17) is 40.6 Å². The molecule has 4 aromatic rings. The number of hydrogen-bond donors (Lipinski definition) is 1. The molecule has 336 valence electrons. The van der Waals surface area contributed by atoms with Crippen molar-refractivity contribution in [1.29, 1.82) is 0 Å². The van der Waals surface area contributed by atoms with Crippen molar-refractivity contribution in [2.75, 3.05) is 70.6 Å². The maximum Gasteiger partial charge on any atom is 0.410 e. The smallest absolute Gasteiger partial charge is 0.410 e. The molecular formula is C44H67ClN10O6.